The predicted octanol–water partition coefficient (Wildman–Crippen LogP) is 3.36. The van der Waals surface area contributed by atoms with E-state index in [1.807, 2.05) is 4.52 Å². The minimum absolute atomic E-state index is 0.718. The van der Waals surface area contributed by atoms with Crippen molar-refractivity contribution in [3.05, 3.63) is 22.6 Å². The Balaban J connectivity index is 1.88. The number of nitrogens with zero attached hydrogens (tertiary/aromatic N) is 4. The van der Waals surface area contributed by atoms with Crippen LogP contribution in [-0.4, -0.2) is 27.7 Å². The zero-order chi connectivity index (χ0) is 12.8. The van der Waals surface area contributed by atoms with Crippen molar-refractivity contribution in [1.82, 2.24) is 14.6 Å². The van der Waals surface area contributed by atoms with Crippen LogP contribution >= 0.6 is 15.9 Å². The fraction of sp³-hybridized carbons (Fsp3) is 0.571. The van der Waals surface area contributed by atoms with Crippen LogP contribution < -0.4 is 4.90 Å². The van der Waals surface area contributed by atoms with Crippen molar-refractivity contribution in [2.24, 2.45) is 0 Å². The van der Waals surface area contributed by atoms with Gasteiger partial charge in [-0.3, -0.25) is 0 Å². The van der Waals surface area contributed by atoms with Crippen LogP contribution in [0.15, 0.2) is 17.0 Å². The topological polar surface area (TPSA) is 33.4 Å². The third kappa shape index (κ3) is 1.95. The van der Waals surface area contributed by atoms with Gasteiger partial charge in [-0.05, 0) is 65.6 Å². The number of aromatic nitrogens is 3. The van der Waals surface area contributed by atoms with Crippen molar-refractivity contribution in [2.75, 3.05) is 18.0 Å². The molecule has 0 aromatic carbocycles. The van der Waals surface area contributed by atoms with Gasteiger partial charge in [0.15, 0.2) is 5.82 Å². The average Bonchev–Trinajstić information content (AvgIpc) is 3.25. The summed E-state index contributed by atoms with van der Waals surface area (Å²) in [6, 6.07) is 2.23. The lowest BCUT2D eigenvalue weighted by Gasteiger charge is -2.28. The van der Waals surface area contributed by atoms with Crippen LogP contribution in [0.25, 0.3) is 5.52 Å². The van der Waals surface area contributed by atoms with E-state index in [0.29, 0.717) is 0 Å². The summed E-state index contributed by atoms with van der Waals surface area (Å²) in [6.45, 7) is 2.25. The highest BCUT2D eigenvalue weighted by molar-refractivity contribution is 9.10. The number of halogens is 1. The maximum Gasteiger partial charge on any atom is 0.156 e. The van der Waals surface area contributed by atoms with E-state index in [-0.39, 0.29) is 0 Å². The van der Waals surface area contributed by atoms with Crippen LogP contribution in [0.5, 0.6) is 0 Å². The molecular formula is C14H17BrN4. The molecule has 0 N–H and O–H groups in total. The standard InChI is InChI=1S/C14H17BrN4/c15-12-8-11(10-4-5-10)13-14(16-9-17-19(12)13)18-6-2-1-3-7-18/h8-10H,1-7H2. The third-order valence-corrected chi connectivity index (χ3v) is 4.76. The first kappa shape index (κ1) is 11.7. The molecule has 4 rings (SSSR count). The summed E-state index contributed by atoms with van der Waals surface area (Å²) in [4.78, 5) is 7.02. The van der Waals surface area contributed by atoms with Crippen LogP contribution in [0, 0.1) is 0 Å². The zero-order valence-corrected chi connectivity index (χ0v) is 12.4. The Labute approximate surface area is 120 Å². The van der Waals surface area contributed by atoms with Crippen molar-refractivity contribution in [3.63, 3.8) is 0 Å². The summed E-state index contributed by atoms with van der Waals surface area (Å²) >= 11 is 3.63. The second-order valence-corrected chi connectivity index (χ2v) is 6.40. The number of hydrogen-bond acceptors (Lipinski definition) is 3. The Morgan fingerprint density at radius 2 is 1.95 bits per heavy atom. The molecule has 1 saturated carbocycles. The summed E-state index contributed by atoms with van der Waals surface area (Å²) in [6.07, 6.45) is 8.19. The van der Waals surface area contributed by atoms with Crippen molar-refractivity contribution in [3.8, 4) is 0 Å². The van der Waals surface area contributed by atoms with Crippen LogP contribution in [-0.2, 0) is 0 Å². The van der Waals surface area contributed by atoms with Gasteiger partial charge in [-0.25, -0.2) is 9.50 Å². The molecule has 0 radical (unpaired) electrons. The van der Waals surface area contributed by atoms with Gasteiger partial charge in [0.25, 0.3) is 0 Å². The van der Waals surface area contributed by atoms with Gasteiger partial charge in [-0.15, -0.1) is 0 Å². The fourth-order valence-corrected chi connectivity index (χ4v) is 3.58. The smallest absolute Gasteiger partial charge is 0.156 e. The lowest BCUT2D eigenvalue weighted by Crippen LogP contribution is -2.30. The van der Waals surface area contributed by atoms with Gasteiger partial charge in [0.05, 0.1) is 0 Å². The largest absolute Gasteiger partial charge is 0.355 e. The Kier molecular flexibility index (Phi) is 2.76. The highest BCUT2D eigenvalue weighted by atomic mass is 79.9. The van der Waals surface area contributed by atoms with Crippen LogP contribution in [0.4, 0.5) is 5.82 Å². The molecule has 19 heavy (non-hydrogen) atoms. The molecule has 4 nitrogen and oxygen atoms in total. The molecule has 0 atom stereocenters. The van der Waals surface area contributed by atoms with Crippen molar-refractivity contribution in [2.45, 2.75) is 38.0 Å². The lowest BCUT2D eigenvalue weighted by molar-refractivity contribution is 0.573. The molecule has 5 heteroatoms. The van der Waals surface area contributed by atoms with Gasteiger partial charge < -0.3 is 4.90 Å². The van der Waals surface area contributed by atoms with E-state index < -0.39 is 0 Å². The number of anilines is 1. The van der Waals surface area contributed by atoms with Crippen LogP contribution in [0.2, 0.25) is 0 Å². The van der Waals surface area contributed by atoms with Crippen molar-refractivity contribution >= 4 is 27.3 Å². The number of piperidine rings is 1. The van der Waals surface area contributed by atoms with Gasteiger partial charge in [0.1, 0.15) is 16.4 Å². The second kappa shape index (κ2) is 4.47. The van der Waals surface area contributed by atoms with Gasteiger partial charge in [-0.2, -0.15) is 5.10 Å². The van der Waals surface area contributed by atoms with E-state index in [4.69, 9.17) is 0 Å². The highest BCUT2D eigenvalue weighted by Gasteiger charge is 2.30. The van der Waals surface area contributed by atoms with E-state index in [1.54, 1.807) is 6.33 Å². The molecule has 1 saturated heterocycles. The Hall–Kier alpha value is -1.10. The first-order valence-electron chi connectivity index (χ1n) is 7.11. The molecular weight excluding hydrogens is 304 g/mol. The molecule has 2 aromatic heterocycles. The molecule has 0 unspecified atom stereocenters. The van der Waals surface area contributed by atoms with E-state index in [9.17, 15) is 0 Å². The third-order valence-electron chi connectivity index (χ3n) is 4.19. The Morgan fingerprint density at radius 3 is 2.68 bits per heavy atom. The maximum absolute atomic E-state index is 4.59. The van der Waals surface area contributed by atoms with Crippen LogP contribution in [0.1, 0.15) is 43.6 Å². The van der Waals surface area contributed by atoms with Crippen molar-refractivity contribution in [1.29, 1.82) is 0 Å². The zero-order valence-electron chi connectivity index (χ0n) is 10.8. The van der Waals surface area contributed by atoms with E-state index in [2.05, 4.69) is 37.0 Å². The molecule has 2 fully saturated rings. The SMILES string of the molecule is Brc1cc(C2CC2)c2c(N3CCCCC3)ncnn12. The summed E-state index contributed by atoms with van der Waals surface area (Å²) in [5.41, 5.74) is 2.65. The van der Waals surface area contributed by atoms with Gasteiger partial charge in [0.2, 0.25) is 0 Å². The highest BCUT2D eigenvalue weighted by Crippen LogP contribution is 2.45. The normalized spacial score (nSPS) is 20.2. The van der Waals surface area contributed by atoms with E-state index >= 15 is 0 Å². The summed E-state index contributed by atoms with van der Waals surface area (Å²) < 4.78 is 3.05. The summed E-state index contributed by atoms with van der Waals surface area (Å²) in [7, 11) is 0. The van der Waals surface area contributed by atoms with E-state index in [0.717, 1.165) is 29.4 Å². The number of fused-ring (bicyclic) bond motifs is 1. The van der Waals surface area contributed by atoms with Crippen molar-refractivity contribution < 1.29 is 0 Å². The maximum atomic E-state index is 4.59. The van der Waals surface area contributed by atoms with Crippen LogP contribution in [0.3, 0.4) is 0 Å². The monoisotopic (exact) mass is 320 g/mol. The molecule has 0 spiro atoms. The molecule has 0 amide bonds. The predicted molar refractivity (Wildman–Crippen MR) is 78.7 cm³/mol. The van der Waals surface area contributed by atoms with E-state index in [1.165, 1.54) is 43.2 Å². The summed E-state index contributed by atoms with van der Waals surface area (Å²) in [5.74, 6) is 1.85. The van der Waals surface area contributed by atoms with Gasteiger partial charge >= 0.3 is 0 Å². The lowest BCUT2D eigenvalue weighted by atomic mass is 10.1. The quantitative estimate of drug-likeness (QED) is 0.850. The molecule has 100 valence electrons. The number of hydrogen-bond donors (Lipinski definition) is 0. The molecule has 1 aliphatic carbocycles. The van der Waals surface area contributed by atoms with Gasteiger partial charge in [0, 0.05) is 13.1 Å². The first-order chi connectivity index (χ1) is 9.34. The molecule has 3 heterocycles. The molecule has 2 aromatic rings. The second-order valence-electron chi connectivity index (χ2n) is 5.59. The van der Waals surface area contributed by atoms with Gasteiger partial charge in [-0.1, -0.05) is 0 Å². The summed E-state index contributed by atoms with van der Waals surface area (Å²) in [5, 5.41) is 4.40. The average molecular weight is 321 g/mol. The first-order valence-corrected chi connectivity index (χ1v) is 7.91. The molecule has 2 aliphatic rings. The Morgan fingerprint density at radius 1 is 1.16 bits per heavy atom. The fourth-order valence-electron chi connectivity index (χ4n) is 3.06. The minimum atomic E-state index is 0.718. The molecule has 1 aliphatic heterocycles. The Bertz CT molecular complexity index is 611. The number of rotatable bonds is 2. The minimum Gasteiger partial charge on any atom is -0.355 e. The molecule has 0 bridgehead atoms.